The van der Waals surface area contributed by atoms with Gasteiger partial charge in [0, 0.05) is 35.3 Å². The van der Waals surface area contributed by atoms with Crippen LogP contribution < -0.4 is 5.32 Å². The first-order valence-electron chi connectivity index (χ1n) is 6.47. The van der Waals surface area contributed by atoms with E-state index < -0.39 is 0 Å². The molecule has 0 atom stereocenters. The molecule has 0 saturated heterocycles. The summed E-state index contributed by atoms with van der Waals surface area (Å²) in [6, 6.07) is 5.14. The van der Waals surface area contributed by atoms with E-state index in [1.807, 2.05) is 6.92 Å². The highest BCUT2D eigenvalue weighted by molar-refractivity contribution is 6.35. The Balaban J connectivity index is 1.99. The summed E-state index contributed by atoms with van der Waals surface area (Å²) >= 11 is 18.0. The van der Waals surface area contributed by atoms with Gasteiger partial charge < -0.3 is 5.32 Å². The van der Waals surface area contributed by atoms with Crippen molar-refractivity contribution in [3.63, 3.8) is 0 Å². The van der Waals surface area contributed by atoms with Crippen molar-refractivity contribution in [2.75, 3.05) is 0 Å². The summed E-state index contributed by atoms with van der Waals surface area (Å²) in [6.45, 7) is 2.15. The van der Waals surface area contributed by atoms with Crippen LogP contribution in [0.4, 0.5) is 0 Å². The molecule has 1 N–H and O–H groups in total. The highest BCUT2D eigenvalue weighted by atomic mass is 35.5. The summed E-state index contributed by atoms with van der Waals surface area (Å²) in [4.78, 5) is 11.9. The van der Waals surface area contributed by atoms with Gasteiger partial charge >= 0.3 is 0 Å². The van der Waals surface area contributed by atoms with Crippen LogP contribution in [0.5, 0.6) is 0 Å². The number of carbonyl (C=O) groups excluding carboxylic acids is 1. The van der Waals surface area contributed by atoms with E-state index >= 15 is 0 Å². The van der Waals surface area contributed by atoms with Crippen LogP contribution in [0.2, 0.25) is 15.2 Å². The molecule has 0 fully saturated rings. The van der Waals surface area contributed by atoms with Crippen molar-refractivity contribution in [1.29, 1.82) is 0 Å². The SMILES string of the molecule is Cc1nn(C)c(Cl)c1/C=C/C(=O)NCc1ccc(Cl)cc1Cl. The molecule has 0 bridgehead atoms. The number of hydrogen-bond donors (Lipinski definition) is 1. The number of halogens is 3. The maximum Gasteiger partial charge on any atom is 0.244 e. The second kappa shape index (κ2) is 7.18. The van der Waals surface area contributed by atoms with Crippen LogP contribution in [0.25, 0.3) is 6.08 Å². The van der Waals surface area contributed by atoms with Crippen LogP contribution in [0.1, 0.15) is 16.8 Å². The van der Waals surface area contributed by atoms with Gasteiger partial charge in [0.1, 0.15) is 5.15 Å². The zero-order chi connectivity index (χ0) is 16.3. The van der Waals surface area contributed by atoms with E-state index in [0.717, 1.165) is 16.8 Å². The highest BCUT2D eigenvalue weighted by Gasteiger charge is 2.08. The molecule has 116 valence electrons. The number of nitrogens with one attached hydrogen (secondary N) is 1. The number of rotatable bonds is 4. The molecule has 0 aliphatic rings. The zero-order valence-corrected chi connectivity index (χ0v) is 14.3. The van der Waals surface area contributed by atoms with Gasteiger partial charge in [0.05, 0.1) is 5.69 Å². The molecule has 4 nitrogen and oxygen atoms in total. The van der Waals surface area contributed by atoms with Gasteiger partial charge in [-0.3, -0.25) is 9.48 Å². The first-order chi connectivity index (χ1) is 10.4. The smallest absolute Gasteiger partial charge is 0.244 e. The lowest BCUT2D eigenvalue weighted by Gasteiger charge is -2.05. The van der Waals surface area contributed by atoms with E-state index in [0.29, 0.717) is 21.7 Å². The Morgan fingerprint density at radius 2 is 2.09 bits per heavy atom. The molecule has 0 spiro atoms. The lowest BCUT2D eigenvalue weighted by atomic mass is 10.2. The fourth-order valence-corrected chi connectivity index (χ4v) is 2.61. The third kappa shape index (κ3) is 4.03. The molecule has 0 radical (unpaired) electrons. The van der Waals surface area contributed by atoms with Gasteiger partial charge in [-0.2, -0.15) is 5.10 Å². The normalized spacial score (nSPS) is 11.1. The summed E-state index contributed by atoms with van der Waals surface area (Å²) in [5.41, 5.74) is 2.28. The summed E-state index contributed by atoms with van der Waals surface area (Å²) in [7, 11) is 1.75. The Kier molecular flexibility index (Phi) is 5.51. The van der Waals surface area contributed by atoms with Gasteiger partial charge in [0.25, 0.3) is 0 Å². The molecule has 7 heteroatoms. The molecule has 0 aliphatic carbocycles. The van der Waals surface area contributed by atoms with E-state index in [-0.39, 0.29) is 5.91 Å². The van der Waals surface area contributed by atoms with Gasteiger partial charge in [-0.1, -0.05) is 40.9 Å². The van der Waals surface area contributed by atoms with E-state index in [2.05, 4.69) is 10.4 Å². The first kappa shape index (κ1) is 16.9. The van der Waals surface area contributed by atoms with E-state index in [1.54, 1.807) is 36.0 Å². The molecular formula is C15H14Cl3N3O. The molecule has 1 amide bonds. The van der Waals surface area contributed by atoms with Crippen molar-refractivity contribution >= 4 is 46.8 Å². The first-order valence-corrected chi connectivity index (χ1v) is 7.61. The van der Waals surface area contributed by atoms with Gasteiger partial charge in [-0.25, -0.2) is 0 Å². The molecule has 0 aliphatic heterocycles. The summed E-state index contributed by atoms with van der Waals surface area (Å²) in [5, 5.41) is 8.49. The van der Waals surface area contributed by atoms with E-state index in [4.69, 9.17) is 34.8 Å². The number of amides is 1. The lowest BCUT2D eigenvalue weighted by molar-refractivity contribution is -0.116. The number of aryl methyl sites for hydroxylation is 2. The van der Waals surface area contributed by atoms with E-state index in [1.165, 1.54) is 6.08 Å². The van der Waals surface area contributed by atoms with Gasteiger partial charge in [-0.05, 0) is 30.7 Å². The molecule has 0 saturated carbocycles. The fraction of sp³-hybridized carbons (Fsp3) is 0.200. The maximum atomic E-state index is 11.9. The van der Waals surface area contributed by atoms with Crippen molar-refractivity contribution in [1.82, 2.24) is 15.1 Å². The molecule has 1 aromatic heterocycles. The van der Waals surface area contributed by atoms with Gasteiger partial charge in [-0.15, -0.1) is 0 Å². The number of benzene rings is 1. The van der Waals surface area contributed by atoms with Crippen molar-refractivity contribution in [2.24, 2.45) is 7.05 Å². The topological polar surface area (TPSA) is 46.9 Å². The van der Waals surface area contributed by atoms with Crippen LogP contribution in [-0.4, -0.2) is 15.7 Å². The van der Waals surface area contributed by atoms with Crippen LogP contribution in [-0.2, 0) is 18.4 Å². The predicted octanol–water partition coefficient (Wildman–Crippen LogP) is 4.02. The average molecular weight is 359 g/mol. The summed E-state index contributed by atoms with van der Waals surface area (Å²) in [6.07, 6.45) is 3.06. The van der Waals surface area contributed by atoms with Crippen molar-refractivity contribution in [2.45, 2.75) is 13.5 Å². The quantitative estimate of drug-likeness (QED) is 0.839. The number of carbonyl (C=O) groups is 1. The van der Waals surface area contributed by atoms with Crippen LogP contribution in [0.15, 0.2) is 24.3 Å². The monoisotopic (exact) mass is 357 g/mol. The molecule has 0 unspecified atom stereocenters. The largest absolute Gasteiger partial charge is 0.348 e. The second-order valence-electron chi connectivity index (χ2n) is 4.70. The average Bonchev–Trinajstić information content (AvgIpc) is 2.69. The van der Waals surface area contributed by atoms with Gasteiger partial charge in [0.15, 0.2) is 0 Å². The molecule has 2 rings (SSSR count). The van der Waals surface area contributed by atoms with Crippen LogP contribution >= 0.6 is 34.8 Å². The number of nitrogens with zero attached hydrogens (tertiary/aromatic N) is 2. The second-order valence-corrected chi connectivity index (χ2v) is 5.90. The van der Waals surface area contributed by atoms with Crippen molar-refractivity contribution in [3.8, 4) is 0 Å². The van der Waals surface area contributed by atoms with E-state index in [9.17, 15) is 4.79 Å². The van der Waals surface area contributed by atoms with Crippen molar-refractivity contribution < 1.29 is 4.79 Å². The fourth-order valence-electron chi connectivity index (χ4n) is 1.90. The standard InChI is InChI=1S/C15H14Cl3N3O/c1-9-12(15(18)21(2)20-9)5-6-14(22)19-8-10-3-4-11(16)7-13(10)17/h3-7H,8H2,1-2H3,(H,19,22)/b6-5+. The minimum atomic E-state index is -0.245. The molecule has 1 aromatic carbocycles. The Bertz CT molecular complexity index is 738. The molecular weight excluding hydrogens is 345 g/mol. The Labute approximate surface area is 143 Å². The molecule has 2 aromatic rings. The van der Waals surface area contributed by atoms with Crippen LogP contribution in [0, 0.1) is 6.92 Å². The van der Waals surface area contributed by atoms with Gasteiger partial charge in [0.2, 0.25) is 5.91 Å². The molecule has 1 heterocycles. The number of aromatic nitrogens is 2. The minimum Gasteiger partial charge on any atom is -0.348 e. The third-order valence-corrected chi connectivity index (χ3v) is 4.10. The Morgan fingerprint density at radius 3 is 2.68 bits per heavy atom. The Morgan fingerprint density at radius 1 is 1.36 bits per heavy atom. The zero-order valence-electron chi connectivity index (χ0n) is 12.0. The van der Waals surface area contributed by atoms with Crippen LogP contribution in [0.3, 0.4) is 0 Å². The Hall–Kier alpha value is -1.49. The maximum absolute atomic E-state index is 11.9. The highest BCUT2D eigenvalue weighted by Crippen LogP contribution is 2.21. The lowest BCUT2D eigenvalue weighted by Crippen LogP contribution is -2.20. The third-order valence-electron chi connectivity index (χ3n) is 3.07. The minimum absolute atomic E-state index is 0.245. The number of hydrogen-bond acceptors (Lipinski definition) is 2. The summed E-state index contributed by atoms with van der Waals surface area (Å²) < 4.78 is 1.56. The van der Waals surface area contributed by atoms with Crippen molar-refractivity contribution in [3.05, 3.63) is 56.3 Å². The summed E-state index contributed by atoms with van der Waals surface area (Å²) in [5.74, 6) is -0.245. The predicted molar refractivity (Wildman–Crippen MR) is 90.3 cm³/mol. The molecule has 22 heavy (non-hydrogen) atoms.